The van der Waals surface area contributed by atoms with Crippen LogP contribution in [0.1, 0.15) is 55.7 Å². The van der Waals surface area contributed by atoms with Crippen LogP contribution in [0.25, 0.3) is 33.5 Å². The van der Waals surface area contributed by atoms with Gasteiger partial charge in [0, 0.05) is 29.8 Å². The Bertz CT molecular complexity index is 1400. The maximum Gasteiger partial charge on any atom is 0.217 e. The van der Waals surface area contributed by atoms with Crippen LogP contribution in [0.2, 0.25) is 0 Å². The molecule has 1 amide bonds. The van der Waals surface area contributed by atoms with E-state index in [-0.39, 0.29) is 5.91 Å². The van der Waals surface area contributed by atoms with Crippen molar-refractivity contribution in [2.45, 2.75) is 57.4 Å². The predicted octanol–water partition coefficient (Wildman–Crippen LogP) is 4.59. The van der Waals surface area contributed by atoms with E-state index in [4.69, 9.17) is 15.5 Å². The number of primary amides is 1. The van der Waals surface area contributed by atoms with E-state index in [1.54, 1.807) is 7.11 Å². The first-order valence-electron chi connectivity index (χ1n) is 12.5. The van der Waals surface area contributed by atoms with Gasteiger partial charge >= 0.3 is 0 Å². The number of carbonyl (C=O) groups excluding carboxylic acids is 1. The molecule has 35 heavy (non-hydrogen) atoms. The highest BCUT2D eigenvalue weighted by atomic mass is 16.5. The summed E-state index contributed by atoms with van der Waals surface area (Å²) in [6.07, 6.45) is 11.8. The highest BCUT2D eigenvalue weighted by Gasteiger charge is 2.25. The summed E-state index contributed by atoms with van der Waals surface area (Å²) in [6, 6.07) is 8.80. The monoisotopic (exact) mass is 470 g/mol. The Labute approximate surface area is 203 Å². The summed E-state index contributed by atoms with van der Waals surface area (Å²) in [5.41, 5.74) is 13.6. The third-order valence-corrected chi connectivity index (χ3v) is 7.68. The summed E-state index contributed by atoms with van der Waals surface area (Å²) in [5.74, 6) is 0.937. The lowest BCUT2D eigenvalue weighted by Crippen LogP contribution is -2.22. The molecule has 3 aromatic heterocycles. The Balaban J connectivity index is 1.33. The lowest BCUT2D eigenvalue weighted by Gasteiger charge is -2.27. The van der Waals surface area contributed by atoms with E-state index in [0.717, 1.165) is 77.8 Å². The molecule has 0 radical (unpaired) electrons. The number of rotatable bonds is 6. The van der Waals surface area contributed by atoms with Gasteiger partial charge in [-0.2, -0.15) is 10.2 Å². The quantitative estimate of drug-likeness (QED) is 0.428. The number of aryl methyl sites for hydroxylation is 1. The molecule has 3 heterocycles. The van der Waals surface area contributed by atoms with E-state index in [1.165, 1.54) is 17.5 Å². The maximum atomic E-state index is 11.3. The van der Waals surface area contributed by atoms with Crippen molar-refractivity contribution in [1.82, 2.24) is 25.0 Å². The van der Waals surface area contributed by atoms with Crippen molar-refractivity contribution in [1.29, 1.82) is 0 Å². The number of methoxy groups -OCH3 is 1. The summed E-state index contributed by atoms with van der Waals surface area (Å²) in [5, 5.41) is 12.4. The first kappa shape index (κ1) is 21.8. The molecule has 8 nitrogen and oxygen atoms in total. The molecule has 0 aliphatic heterocycles. The van der Waals surface area contributed by atoms with E-state index in [1.807, 2.05) is 16.9 Å². The number of fused-ring (bicyclic) bond motifs is 2. The Hall–Kier alpha value is -3.68. The minimum absolute atomic E-state index is 0.204. The summed E-state index contributed by atoms with van der Waals surface area (Å²) < 4.78 is 7.79. The van der Waals surface area contributed by atoms with E-state index in [2.05, 4.69) is 39.7 Å². The minimum Gasteiger partial charge on any atom is -0.494 e. The predicted molar refractivity (Wildman–Crippen MR) is 134 cm³/mol. The second kappa shape index (κ2) is 8.83. The average molecular weight is 471 g/mol. The van der Waals surface area contributed by atoms with Gasteiger partial charge in [0.25, 0.3) is 0 Å². The van der Waals surface area contributed by atoms with Crippen molar-refractivity contribution >= 4 is 16.9 Å². The van der Waals surface area contributed by atoms with Gasteiger partial charge in [0.15, 0.2) is 0 Å². The van der Waals surface area contributed by atoms with E-state index < -0.39 is 0 Å². The molecule has 0 spiro atoms. The van der Waals surface area contributed by atoms with Gasteiger partial charge in [0.05, 0.1) is 24.9 Å². The number of carbonyl (C=O) groups is 1. The van der Waals surface area contributed by atoms with Crippen molar-refractivity contribution in [2.24, 2.45) is 11.7 Å². The molecule has 0 bridgehead atoms. The molecule has 2 aliphatic carbocycles. The number of benzene rings is 1. The molecule has 8 heteroatoms. The second-order valence-corrected chi connectivity index (χ2v) is 9.86. The molecule has 6 rings (SSSR count). The van der Waals surface area contributed by atoms with Crippen LogP contribution in [0.3, 0.4) is 0 Å². The Kier molecular flexibility index (Phi) is 5.51. The van der Waals surface area contributed by atoms with E-state index >= 15 is 0 Å². The van der Waals surface area contributed by atoms with Crippen LogP contribution < -0.4 is 10.5 Å². The molecule has 1 fully saturated rings. The number of pyridine rings is 1. The molecule has 1 aromatic carbocycles. The van der Waals surface area contributed by atoms with Crippen LogP contribution in [0.5, 0.6) is 5.75 Å². The van der Waals surface area contributed by atoms with Crippen molar-refractivity contribution in [3.63, 3.8) is 0 Å². The molecule has 4 aromatic rings. The van der Waals surface area contributed by atoms with Crippen molar-refractivity contribution in [3.8, 4) is 28.3 Å². The second-order valence-electron chi connectivity index (χ2n) is 9.86. The van der Waals surface area contributed by atoms with Gasteiger partial charge in [-0.1, -0.05) is 18.2 Å². The normalized spacial score (nSPS) is 19.7. The maximum absolute atomic E-state index is 11.3. The van der Waals surface area contributed by atoms with Gasteiger partial charge in [-0.05, 0) is 62.0 Å². The molecule has 0 unspecified atom stereocenters. The van der Waals surface area contributed by atoms with Gasteiger partial charge in [0.2, 0.25) is 5.91 Å². The number of nitrogens with one attached hydrogen (secondary N) is 1. The molecular formula is C27H30N6O2. The number of aromatic nitrogens is 5. The van der Waals surface area contributed by atoms with Gasteiger partial charge in [-0.15, -0.1) is 0 Å². The Morgan fingerprint density at radius 1 is 1.20 bits per heavy atom. The van der Waals surface area contributed by atoms with Crippen LogP contribution in [0.4, 0.5) is 0 Å². The fraction of sp³-hybridized carbons (Fsp3) is 0.407. The fourth-order valence-corrected chi connectivity index (χ4v) is 5.88. The lowest BCUT2D eigenvalue weighted by atomic mass is 9.84. The third-order valence-electron chi connectivity index (χ3n) is 7.68. The zero-order valence-electron chi connectivity index (χ0n) is 20.0. The zero-order chi connectivity index (χ0) is 23.9. The van der Waals surface area contributed by atoms with Crippen LogP contribution in [-0.2, 0) is 17.6 Å². The van der Waals surface area contributed by atoms with Crippen LogP contribution in [0.15, 0.2) is 36.7 Å². The topological polar surface area (TPSA) is 112 Å². The highest BCUT2D eigenvalue weighted by Crippen LogP contribution is 2.39. The highest BCUT2D eigenvalue weighted by molar-refractivity contribution is 5.92. The van der Waals surface area contributed by atoms with Crippen LogP contribution >= 0.6 is 0 Å². The van der Waals surface area contributed by atoms with Gasteiger partial charge in [-0.25, -0.2) is 4.98 Å². The summed E-state index contributed by atoms with van der Waals surface area (Å²) in [6.45, 7) is 0. The summed E-state index contributed by atoms with van der Waals surface area (Å²) in [4.78, 5) is 16.3. The molecule has 1 saturated carbocycles. The average Bonchev–Trinajstić information content (AvgIpc) is 3.62. The summed E-state index contributed by atoms with van der Waals surface area (Å²) in [7, 11) is 1.69. The lowest BCUT2D eigenvalue weighted by molar-refractivity contribution is -0.119. The zero-order valence-corrected chi connectivity index (χ0v) is 20.0. The fourth-order valence-electron chi connectivity index (χ4n) is 5.88. The third kappa shape index (κ3) is 3.96. The number of H-pyrrole nitrogens is 1. The van der Waals surface area contributed by atoms with Gasteiger partial charge in [0.1, 0.15) is 22.7 Å². The number of hydrogen-bond acceptors (Lipinski definition) is 5. The number of aromatic amines is 1. The van der Waals surface area contributed by atoms with Crippen LogP contribution in [0, 0.1) is 5.92 Å². The number of ether oxygens (including phenoxy) is 1. The molecule has 180 valence electrons. The van der Waals surface area contributed by atoms with Crippen molar-refractivity contribution in [2.75, 3.05) is 7.11 Å². The summed E-state index contributed by atoms with van der Waals surface area (Å²) >= 11 is 0. The smallest absolute Gasteiger partial charge is 0.217 e. The Morgan fingerprint density at radius 3 is 2.86 bits per heavy atom. The molecule has 2 aliphatic rings. The van der Waals surface area contributed by atoms with Crippen molar-refractivity contribution in [3.05, 3.63) is 47.8 Å². The number of hydrogen-bond donors (Lipinski definition) is 2. The first-order valence-corrected chi connectivity index (χ1v) is 12.5. The van der Waals surface area contributed by atoms with E-state index in [9.17, 15) is 4.79 Å². The van der Waals surface area contributed by atoms with E-state index in [0.29, 0.717) is 18.4 Å². The molecular weight excluding hydrogens is 440 g/mol. The SMILES string of the molecule is COc1cc2[nH]nc(-c3cnn([C@H]4CC[C@@H](CC(N)=O)CC4)c3)c2nc1-c1cccc2c1CCC2. The molecule has 0 atom stereocenters. The molecule has 0 saturated heterocycles. The molecule has 3 N–H and O–H groups in total. The number of amides is 1. The van der Waals surface area contributed by atoms with Crippen molar-refractivity contribution < 1.29 is 9.53 Å². The standard InChI is InChI=1S/C27H30N6O2/c1-35-23-13-22-27(30-26(23)21-7-3-5-17-4-2-6-20(17)21)25(32-31-22)18-14-29-33(15-18)19-10-8-16(9-11-19)12-24(28)34/h3,5,7,13-16,19H,2,4,6,8-12H2,1H3,(H2,28,34)(H,31,32)/t16-,19+. The minimum atomic E-state index is -0.204. The first-order chi connectivity index (χ1) is 17.1. The number of nitrogens with zero attached hydrogens (tertiary/aromatic N) is 4. The largest absolute Gasteiger partial charge is 0.494 e. The number of nitrogens with two attached hydrogens (primary N) is 1. The Morgan fingerprint density at radius 2 is 2.06 bits per heavy atom. The van der Waals surface area contributed by atoms with Gasteiger partial charge < -0.3 is 10.5 Å². The van der Waals surface area contributed by atoms with Gasteiger partial charge in [-0.3, -0.25) is 14.6 Å². The van der Waals surface area contributed by atoms with Crippen LogP contribution in [-0.4, -0.2) is 38.0 Å².